The zero-order valence-corrected chi connectivity index (χ0v) is 21.2. The highest BCUT2D eigenvalue weighted by Gasteiger charge is 2.17. The maximum absolute atomic E-state index is 12.7. The van der Waals surface area contributed by atoms with Crippen LogP contribution in [0.4, 0.5) is 5.82 Å². The van der Waals surface area contributed by atoms with Gasteiger partial charge in [0, 0.05) is 33.3 Å². The van der Waals surface area contributed by atoms with Crippen LogP contribution in [-0.2, 0) is 35.5 Å². The monoisotopic (exact) mass is 500 g/mol. The molecule has 36 heavy (non-hydrogen) atoms. The number of nitrogen functional groups attached to an aromatic ring is 1. The summed E-state index contributed by atoms with van der Waals surface area (Å²) in [4.78, 5) is 37.6. The number of ether oxygens (including phenoxy) is 2. The number of aromatic nitrogens is 4. The first kappa shape index (κ1) is 27.2. The highest BCUT2D eigenvalue weighted by atomic mass is 16.5. The van der Waals surface area contributed by atoms with Crippen molar-refractivity contribution in [3.05, 3.63) is 45.4 Å². The minimum atomic E-state index is -0.851. The number of nitrogens with two attached hydrogens (primary N) is 1. The molecule has 1 aromatic carbocycles. The molecule has 196 valence electrons. The summed E-state index contributed by atoms with van der Waals surface area (Å²) in [6, 6.07) is 5.94. The molecule has 11 heteroatoms. The largest absolute Gasteiger partial charge is 0.481 e. The minimum absolute atomic E-state index is 0.0103. The predicted molar refractivity (Wildman–Crippen MR) is 137 cm³/mol. The summed E-state index contributed by atoms with van der Waals surface area (Å²) in [6.45, 7) is 7.22. The first-order valence-electron chi connectivity index (χ1n) is 12.3. The van der Waals surface area contributed by atoms with Gasteiger partial charge in [-0.25, -0.2) is 4.79 Å². The fourth-order valence-electron chi connectivity index (χ4n) is 4.20. The van der Waals surface area contributed by atoms with Crippen molar-refractivity contribution in [3.63, 3.8) is 0 Å². The zero-order valence-electron chi connectivity index (χ0n) is 21.2. The molecule has 3 aromatic rings. The molecule has 0 aliphatic rings. The highest BCUT2D eigenvalue weighted by molar-refractivity contribution is 5.81. The first-order chi connectivity index (χ1) is 17.4. The van der Waals surface area contributed by atoms with Crippen molar-refractivity contribution in [1.29, 1.82) is 0 Å². The van der Waals surface area contributed by atoms with Gasteiger partial charge in [-0.2, -0.15) is 9.97 Å². The Kier molecular flexibility index (Phi) is 9.83. The number of fused-ring (bicyclic) bond motifs is 1. The fraction of sp³-hybridized carbons (Fsp3) is 0.520. The number of unbranched alkanes of at least 4 members (excludes halogenated alkanes) is 1. The molecule has 0 spiro atoms. The summed E-state index contributed by atoms with van der Waals surface area (Å²) in [7, 11) is 1.65. The Morgan fingerprint density at radius 2 is 1.97 bits per heavy atom. The number of aromatic amines is 1. The van der Waals surface area contributed by atoms with Gasteiger partial charge in [0.25, 0.3) is 0 Å². The third-order valence-electron chi connectivity index (χ3n) is 6.07. The van der Waals surface area contributed by atoms with Gasteiger partial charge in [-0.3, -0.25) is 14.3 Å². The average Bonchev–Trinajstić information content (AvgIpc) is 3.16. The van der Waals surface area contributed by atoms with Gasteiger partial charge >= 0.3 is 17.7 Å². The van der Waals surface area contributed by atoms with E-state index >= 15 is 0 Å². The van der Waals surface area contributed by atoms with E-state index in [2.05, 4.69) is 26.8 Å². The van der Waals surface area contributed by atoms with Gasteiger partial charge in [-0.05, 0) is 29.5 Å². The SMILES string of the molecule is CCCCOc1nc(N)c2[nH]c(=O)n(CCN(CCOC)Cc3cccc(CC(=O)O)c3CC)c2n1. The van der Waals surface area contributed by atoms with E-state index in [-0.39, 0.29) is 23.9 Å². The second-order valence-electron chi connectivity index (χ2n) is 8.62. The fourth-order valence-corrected chi connectivity index (χ4v) is 4.20. The molecule has 0 amide bonds. The van der Waals surface area contributed by atoms with Crippen molar-refractivity contribution in [2.24, 2.45) is 0 Å². The number of nitrogens with zero attached hydrogens (tertiary/aromatic N) is 4. The number of hydrogen-bond donors (Lipinski definition) is 3. The van der Waals surface area contributed by atoms with Gasteiger partial charge in [0.05, 0.1) is 19.6 Å². The van der Waals surface area contributed by atoms with Crippen LogP contribution in [0.1, 0.15) is 43.4 Å². The van der Waals surface area contributed by atoms with Crippen LogP contribution in [0.2, 0.25) is 0 Å². The normalized spacial score (nSPS) is 11.4. The van der Waals surface area contributed by atoms with Crippen LogP contribution in [-0.4, -0.2) is 68.9 Å². The number of carboxylic acids is 1. The van der Waals surface area contributed by atoms with Gasteiger partial charge in [0.2, 0.25) is 0 Å². The van der Waals surface area contributed by atoms with Gasteiger partial charge in [0.15, 0.2) is 11.5 Å². The molecule has 4 N–H and O–H groups in total. The van der Waals surface area contributed by atoms with Crippen LogP contribution in [0.15, 0.2) is 23.0 Å². The number of imidazole rings is 1. The van der Waals surface area contributed by atoms with Crippen LogP contribution >= 0.6 is 0 Å². The van der Waals surface area contributed by atoms with E-state index in [0.717, 1.165) is 36.0 Å². The second kappa shape index (κ2) is 13.0. The van der Waals surface area contributed by atoms with Crippen molar-refractivity contribution in [3.8, 4) is 6.01 Å². The molecule has 3 rings (SSSR count). The Labute approximate surface area is 210 Å². The summed E-state index contributed by atoms with van der Waals surface area (Å²) in [6.07, 6.45) is 2.56. The molecule has 0 aliphatic heterocycles. The molecule has 2 aromatic heterocycles. The second-order valence-corrected chi connectivity index (χ2v) is 8.62. The number of nitrogens with one attached hydrogen (secondary N) is 1. The van der Waals surface area contributed by atoms with Crippen molar-refractivity contribution in [2.45, 2.75) is 52.6 Å². The molecule has 2 heterocycles. The molecular formula is C25H36N6O5. The summed E-state index contributed by atoms with van der Waals surface area (Å²) >= 11 is 0. The van der Waals surface area contributed by atoms with Gasteiger partial charge < -0.3 is 25.3 Å². The summed E-state index contributed by atoms with van der Waals surface area (Å²) in [5.41, 5.74) is 9.47. The average molecular weight is 501 g/mol. The standard InChI is InChI=1S/C25H36N6O5/c1-4-6-13-36-24-28-22(26)21-23(29-24)31(25(34)27-21)11-10-30(12-14-35-3)16-18-9-7-8-17(15-20(32)33)19(18)5-2/h7-9H,4-6,10-16H2,1-3H3,(H,27,34)(H,32,33)(H2,26,28,29). The van der Waals surface area contributed by atoms with E-state index in [1.165, 1.54) is 0 Å². The maximum atomic E-state index is 12.7. The Hall–Kier alpha value is -3.44. The molecule has 0 saturated carbocycles. The third kappa shape index (κ3) is 6.82. The first-order valence-corrected chi connectivity index (χ1v) is 12.3. The smallest absolute Gasteiger partial charge is 0.327 e. The number of aliphatic carboxylic acids is 1. The van der Waals surface area contributed by atoms with Gasteiger partial charge in [-0.1, -0.05) is 38.5 Å². The molecule has 0 fully saturated rings. The minimum Gasteiger partial charge on any atom is -0.481 e. The third-order valence-corrected chi connectivity index (χ3v) is 6.07. The van der Waals surface area contributed by atoms with Crippen LogP contribution in [0.25, 0.3) is 11.2 Å². The summed E-state index contributed by atoms with van der Waals surface area (Å²) in [5, 5.41) is 9.29. The van der Waals surface area contributed by atoms with Crippen LogP contribution in [0.5, 0.6) is 6.01 Å². The Morgan fingerprint density at radius 1 is 1.19 bits per heavy atom. The van der Waals surface area contributed by atoms with Gasteiger partial charge in [-0.15, -0.1) is 0 Å². The van der Waals surface area contributed by atoms with E-state index < -0.39 is 5.97 Å². The molecule has 11 nitrogen and oxygen atoms in total. The van der Waals surface area contributed by atoms with E-state index in [9.17, 15) is 14.7 Å². The number of benzene rings is 1. The number of carbonyl (C=O) groups is 1. The highest BCUT2D eigenvalue weighted by Crippen LogP contribution is 2.20. The number of methoxy groups -OCH3 is 1. The van der Waals surface area contributed by atoms with E-state index in [1.54, 1.807) is 11.7 Å². The molecule has 0 unspecified atom stereocenters. The van der Waals surface area contributed by atoms with Crippen LogP contribution in [0, 0.1) is 0 Å². The Morgan fingerprint density at radius 3 is 2.67 bits per heavy atom. The van der Waals surface area contributed by atoms with E-state index in [0.29, 0.717) is 50.6 Å². The number of rotatable bonds is 15. The summed E-state index contributed by atoms with van der Waals surface area (Å²) in [5.74, 6) is -0.683. The quantitative estimate of drug-likeness (QED) is 0.267. The van der Waals surface area contributed by atoms with Crippen molar-refractivity contribution in [1.82, 2.24) is 24.4 Å². The molecule has 0 bridgehead atoms. The van der Waals surface area contributed by atoms with Crippen LogP contribution in [0.3, 0.4) is 0 Å². The Balaban J connectivity index is 1.84. The van der Waals surface area contributed by atoms with Crippen molar-refractivity contribution < 1.29 is 19.4 Å². The topological polar surface area (TPSA) is 149 Å². The lowest BCUT2D eigenvalue weighted by Crippen LogP contribution is -2.33. The number of anilines is 1. The van der Waals surface area contributed by atoms with E-state index in [4.69, 9.17) is 15.2 Å². The Bertz CT molecular complexity index is 1220. The molecule has 0 atom stereocenters. The molecule has 0 radical (unpaired) electrons. The van der Waals surface area contributed by atoms with Gasteiger partial charge in [0.1, 0.15) is 5.52 Å². The maximum Gasteiger partial charge on any atom is 0.327 e. The van der Waals surface area contributed by atoms with Crippen LogP contribution < -0.4 is 16.2 Å². The zero-order chi connectivity index (χ0) is 26.1. The number of hydrogen-bond acceptors (Lipinski definition) is 8. The van der Waals surface area contributed by atoms with Crippen molar-refractivity contribution >= 4 is 23.0 Å². The lowest BCUT2D eigenvalue weighted by Gasteiger charge is -2.24. The lowest BCUT2D eigenvalue weighted by atomic mass is 9.96. The number of carboxylic acid groups (broad SMARTS) is 1. The predicted octanol–water partition coefficient (Wildman–Crippen LogP) is 2.22. The molecule has 0 aliphatic carbocycles. The molecule has 0 saturated heterocycles. The van der Waals surface area contributed by atoms with Crippen molar-refractivity contribution in [2.75, 3.05) is 39.1 Å². The summed E-state index contributed by atoms with van der Waals surface area (Å²) < 4.78 is 12.5. The molecular weight excluding hydrogens is 464 g/mol. The number of H-pyrrole nitrogens is 1. The lowest BCUT2D eigenvalue weighted by molar-refractivity contribution is -0.136. The van der Waals surface area contributed by atoms with E-state index in [1.807, 2.05) is 25.1 Å².